The van der Waals surface area contributed by atoms with Gasteiger partial charge in [0.05, 0.1) is 12.2 Å². The van der Waals surface area contributed by atoms with Gasteiger partial charge in [0.2, 0.25) is 5.78 Å². The molecule has 0 N–H and O–H groups in total. The van der Waals surface area contributed by atoms with E-state index in [2.05, 4.69) is 0 Å². The van der Waals surface area contributed by atoms with Crippen LogP contribution in [-0.4, -0.2) is 18.7 Å². The largest absolute Gasteiger partial charge is 0.492 e. The van der Waals surface area contributed by atoms with E-state index in [4.69, 9.17) is 4.74 Å². The third kappa shape index (κ3) is 1.43. The number of aldehydes is 1. The van der Waals surface area contributed by atoms with Crippen LogP contribution in [0.15, 0.2) is 30.3 Å². The molecule has 0 aromatic heterocycles. The molecule has 1 aliphatic heterocycles. The lowest BCUT2D eigenvalue weighted by Gasteiger charge is -2.08. The van der Waals surface area contributed by atoms with Crippen LogP contribution in [-0.2, 0) is 11.2 Å². The number of Topliss-reactive ketones (excluding diaryl/α,β-unsaturated/α-hetero) is 1. The molecule has 0 radical (unpaired) electrons. The molecule has 84 valence electrons. The standard InChI is InChI=1S/C14H10O3/c15-8-12(16)13-11-4-2-1-3-9(11)7-10-5-6-17-14(10)13/h1-4,7-8H,5-6H2. The Kier molecular flexibility index (Phi) is 2.18. The second-order valence-electron chi connectivity index (χ2n) is 4.04. The summed E-state index contributed by atoms with van der Waals surface area (Å²) in [5.74, 6) is 0.0701. The van der Waals surface area contributed by atoms with Crippen LogP contribution in [0.25, 0.3) is 10.8 Å². The topological polar surface area (TPSA) is 43.4 Å². The minimum atomic E-state index is -0.514. The lowest BCUT2D eigenvalue weighted by molar-refractivity contribution is -0.104. The zero-order valence-corrected chi connectivity index (χ0v) is 9.10. The molecule has 0 fully saturated rings. The van der Waals surface area contributed by atoms with E-state index in [1.165, 1.54) is 0 Å². The molecule has 3 rings (SSSR count). The van der Waals surface area contributed by atoms with E-state index in [0.717, 1.165) is 22.8 Å². The van der Waals surface area contributed by atoms with Crippen molar-refractivity contribution in [2.75, 3.05) is 6.61 Å². The summed E-state index contributed by atoms with van der Waals surface area (Å²) in [4.78, 5) is 22.5. The Labute approximate surface area is 98.0 Å². The Bertz CT molecular complexity index is 629. The summed E-state index contributed by atoms with van der Waals surface area (Å²) < 4.78 is 5.48. The smallest absolute Gasteiger partial charge is 0.229 e. The minimum Gasteiger partial charge on any atom is -0.492 e. The number of ketones is 1. The fraction of sp³-hybridized carbons (Fsp3) is 0.143. The van der Waals surface area contributed by atoms with E-state index in [-0.39, 0.29) is 0 Å². The van der Waals surface area contributed by atoms with E-state index in [0.29, 0.717) is 24.2 Å². The molecule has 1 heterocycles. The van der Waals surface area contributed by atoms with Crippen molar-refractivity contribution in [1.29, 1.82) is 0 Å². The maximum Gasteiger partial charge on any atom is 0.229 e. The van der Waals surface area contributed by atoms with Gasteiger partial charge >= 0.3 is 0 Å². The SMILES string of the molecule is O=CC(=O)c1c2c(cc3ccccc13)CCO2. The van der Waals surface area contributed by atoms with Crippen LogP contribution >= 0.6 is 0 Å². The van der Waals surface area contributed by atoms with Crippen LogP contribution in [0, 0.1) is 0 Å². The number of benzene rings is 2. The molecule has 0 saturated carbocycles. The molecule has 0 bridgehead atoms. The van der Waals surface area contributed by atoms with Gasteiger partial charge in [0.15, 0.2) is 6.29 Å². The highest BCUT2D eigenvalue weighted by Crippen LogP contribution is 2.35. The summed E-state index contributed by atoms with van der Waals surface area (Å²) in [5, 5.41) is 1.76. The normalized spacial score (nSPS) is 13.2. The van der Waals surface area contributed by atoms with Crippen molar-refractivity contribution in [2.24, 2.45) is 0 Å². The van der Waals surface area contributed by atoms with Gasteiger partial charge in [-0.1, -0.05) is 24.3 Å². The van der Waals surface area contributed by atoms with Crippen molar-refractivity contribution in [2.45, 2.75) is 6.42 Å². The zero-order valence-electron chi connectivity index (χ0n) is 9.10. The van der Waals surface area contributed by atoms with Crippen molar-refractivity contribution in [1.82, 2.24) is 0 Å². The molecule has 17 heavy (non-hydrogen) atoms. The predicted octanol–water partition coefficient (Wildman–Crippen LogP) is 2.16. The lowest BCUT2D eigenvalue weighted by Crippen LogP contribution is -2.04. The van der Waals surface area contributed by atoms with E-state index < -0.39 is 5.78 Å². The predicted molar refractivity (Wildman–Crippen MR) is 63.5 cm³/mol. The van der Waals surface area contributed by atoms with E-state index in [1.807, 2.05) is 30.3 Å². The van der Waals surface area contributed by atoms with E-state index >= 15 is 0 Å². The molecule has 0 aliphatic carbocycles. The summed E-state index contributed by atoms with van der Waals surface area (Å²) in [5.41, 5.74) is 1.42. The molecule has 3 nitrogen and oxygen atoms in total. The zero-order chi connectivity index (χ0) is 11.8. The summed E-state index contributed by atoms with van der Waals surface area (Å²) in [7, 11) is 0. The Balaban J connectivity index is 2.43. The third-order valence-corrected chi connectivity index (χ3v) is 3.05. The fourth-order valence-electron chi connectivity index (χ4n) is 2.30. The van der Waals surface area contributed by atoms with Crippen molar-refractivity contribution in [3.63, 3.8) is 0 Å². The van der Waals surface area contributed by atoms with Gasteiger partial charge < -0.3 is 4.74 Å². The first-order valence-electron chi connectivity index (χ1n) is 5.48. The molecular weight excluding hydrogens is 216 g/mol. The number of carbonyl (C=O) groups is 2. The number of carbonyl (C=O) groups excluding carboxylic acids is 2. The van der Waals surface area contributed by atoms with Crippen molar-refractivity contribution >= 4 is 22.8 Å². The van der Waals surface area contributed by atoms with Crippen molar-refractivity contribution in [3.05, 3.63) is 41.5 Å². The second-order valence-corrected chi connectivity index (χ2v) is 4.04. The van der Waals surface area contributed by atoms with Gasteiger partial charge in [-0.2, -0.15) is 0 Å². The molecule has 2 aromatic rings. The molecule has 0 spiro atoms. The number of fused-ring (bicyclic) bond motifs is 2. The third-order valence-electron chi connectivity index (χ3n) is 3.05. The Hall–Kier alpha value is -2.16. The molecule has 3 heteroatoms. The molecule has 0 amide bonds. The number of ether oxygens (including phenoxy) is 1. The number of rotatable bonds is 2. The van der Waals surface area contributed by atoms with E-state index in [1.54, 1.807) is 0 Å². The molecule has 0 unspecified atom stereocenters. The highest BCUT2D eigenvalue weighted by Gasteiger charge is 2.23. The van der Waals surface area contributed by atoms with Gasteiger partial charge in [0, 0.05) is 6.42 Å². The van der Waals surface area contributed by atoms with Crippen molar-refractivity contribution in [3.8, 4) is 5.75 Å². The van der Waals surface area contributed by atoms with Gasteiger partial charge in [-0.15, -0.1) is 0 Å². The highest BCUT2D eigenvalue weighted by atomic mass is 16.5. The number of hydrogen-bond acceptors (Lipinski definition) is 3. The summed E-state index contributed by atoms with van der Waals surface area (Å²) in [6.07, 6.45) is 1.14. The first kappa shape index (κ1) is 10.0. The Morgan fingerprint density at radius 2 is 2.12 bits per heavy atom. The first-order chi connectivity index (χ1) is 8.31. The van der Waals surface area contributed by atoms with Crippen LogP contribution in [0.3, 0.4) is 0 Å². The maximum absolute atomic E-state index is 11.7. The quantitative estimate of drug-likeness (QED) is 0.447. The van der Waals surface area contributed by atoms with Gasteiger partial charge in [-0.05, 0) is 22.4 Å². The minimum absolute atomic E-state index is 0.351. The molecule has 0 atom stereocenters. The summed E-state index contributed by atoms with van der Waals surface area (Å²) in [6.45, 7) is 0.574. The van der Waals surface area contributed by atoms with E-state index in [9.17, 15) is 9.59 Å². The molecule has 1 aliphatic rings. The van der Waals surface area contributed by atoms with Crippen LogP contribution < -0.4 is 4.74 Å². The van der Waals surface area contributed by atoms with Gasteiger partial charge in [-0.25, -0.2) is 0 Å². The van der Waals surface area contributed by atoms with Crippen LogP contribution in [0.5, 0.6) is 5.75 Å². The highest BCUT2D eigenvalue weighted by molar-refractivity contribution is 6.37. The molecule has 0 saturated heterocycles. The Morgan fingerprint density at radius 1 is 1.29 bits per heavy atom. The lowest BCUT2D eigenvalue weighted by atomic mass is 9.97. The summed E-state index contributed by atoms with van der Waals surface area (Å²) >= 11 is 0. The van der Waals surface area contributed by atoms with Gasteiger partial charge in [0.1, 0.15) is 5.75 Å². The maximum atomic E-state index is 11.7. The van der Waals surface area contributed by atoms with Crippen LogP contribution in [0.1, 0.15) is 15.9 Å². The fourth-order valence-corrected chi connectivity index (χ4v) is 2.30. The second kappa shape index (κ2) is 3.70. The average Bonchev–Trinajstić information content (AvgIpc) is 2.82. The van der Waals surface area contributed by atoms with Crippen LogP contribution in [0.4, 0.5) is 0 Å². The van der Waals surface area contributed by atoms with Gasteiger partial charge in [0.25, 0.3) is 0 Å². The Morgan fingerprint density at radius 3 is 2.94 bits per heavy atom. The van der Waals surface area contributed by atoms with Crippen LogP contribution in [0.2, 0.25) is 0 Å². The molecule has 2 aromatic carbocycles. The first-order valence-corrected chi connectivity index (χ1v) is 5.48. The summed E-state index contributed by atoms with van der Waals surface area (Å²) in [6, 6.07) is 9.58. The number of hydrogen-bond donors (Lipinski definition) is 0. The van der Waals surface area contributed by atoms with Gasteiger partial charge in [-0.3, -0.25) is 9.59 Å². The van der Waals surface area contributed by atoms with Crippen molar-refractivity contribution < 1.29 is 14.3 Å². The monoisotopic (exact) mass is 226 g/mol. The molecular formula is C14H10O3. The average molecular weight is 226 g/mol.